The predicted octanol–water partition coefficient (Wildman–Crippen LogP) is 3.62. The summed E-state index contributed by atoms with van der Waals surface area (Å²) in [6, 6.07) is 13.4. The topological polar surface area (TPSA) is 63.6 Å². The lowest BCUT2D eigenvalue weighted by atomic mass is 10.3. The molecule has 0 spiro atoms. The van der Waals surface area contributed by atoms with Crippen molar-refractivity contribution in [3.8, 4) is 0 Å². The van der Waals surface area contributed by atoms with Crippen LogP contribution in [0, 0.1) is 0 Å². The largest absolute Gasteiger partial charge is 0.431 e. The molecule has 6 nitrogen and oxygen atoms in total. The third kappa shape index (κ3) is 3.30. The smallest absolute Gasteiger partial charge is 0.257 e. The van der Waals surface area contributed by atoms with Crippen LogP contribution >= 0.6 is 11.8 Å². The van der Waals surface area contributed by atoms with Gasteiger partial charge in [0.15, 0.2) is 5.58 Å². The molecule has 1 amide bonds. The molecule has 3 heterocycles. The number of pyridine rings is 1. The van der Waals surface area contributed by atoms with E-state index in [1.165, 1.54) is 11.8 Å². The Bertz CT molecular complexity index is 1020. The Hall–Kier alpha value is -2.80. The highest BCUT2D eigenvalue weighted by molar-refractivity contribution is 7.99. The van der Waals surface area contributed by atoms with E-state index in [0.29, 0.717) is 18.3 Å². The maximum Gasteiger partial charge on any atom is 0.257 e. The van der Waals surface area contributed by atoms with Gasteiger partial charge < -0.3 is 13.7 Å². The van der Waals surface area contributed by atoms with Gasteiger partial charge in [0.05, 0.1) is 24.2 Å². The lowest BCUT2D eigenvalue weighted by Gasteiger charge is -2.20. The van der Waals surface area contributed by atoms with Gasteiger partial charge in [-0.1, -0.05) is 30.0 Å². The van der Waals surface area contributed by atoms with E-state index in [0.717, 1.165) is 22.4 Å². The van der Waals surface area contributed by atoms with Crippen LogP contribution in [0.15, 0.2) is 64.5 Å². The molecule has 3 aromatic heterocycles. The Kier molecular flexibility index (Phi) is 4.62. The first-order valence-electron chi connectivity index (χ1n) is 8.41. The monoisotopic (exact) mass is 366 g/mol. The van der Waals surface area contributed by atoms with Crippen LogP contribution in [-0.2, 0) is 11.3 Å². The fraction of sp³-hybridized carbons (Fsp3) is 0.211. The fourth-order valence-corrected chi connectivity index (χ4v) is 3.54. The molecule has 0 saturated heterocycles. The first kappa shape index (κ1) is 16.7. The summed E-state index contributed by atoms with van der Waals surface area (Å²) in [5.74, 6) is 0.336. The van der Waals surface area contributed by atoms with Crippen molar-refractivity contribution >= 4 is 34.4 Å². The highest BCUT2D eigenvalue weighted by atomic mass is 32.2. The third-order valence-electron chi connectivity index (χ3n) is 4.17. The summed E-state index contributed by atoms with van der Waals surface area (Å²) in [7, 11) is 0. The Morgan fingerprint density at radius 2 is 2.08 bits per heavy atom. The van der Waals surface area contributed by atoms with Gasteiger partial charge in [0.25, 0.3) is 5.22 Å². The zero-order valence-corrected chi connectivity index (χ0v) is 15.1. The predicted molar refractivity (Wildman–Crippen MR) is 101 cm³/mol. The number of para-hydroxylation sites is 2. The number of imidazole rings is 1. The number of thioether (sulfide) groups is 1. The molecule has 0 bridgehead atoms. The molecule has 26 heavy (non-hydrogen) atoms. The number of hydrogen-bond donors (Lipinski definition) is 0. The molecule has 0 N–H and O–H groups in total. The van der Waals surface area contributed by atoms with E-state index < -0.39 is 0 Å². The van der Waals surface area contributed by atoms with Crippen LogP contribution < -0.4 is 0 Å². The summed E-state index contributed by atoms with van der Waals surface area (Å²) in [6.07, 6.45) is 3.78. The van der Waals surface area contributed by atoms with Gasteiger partial charge in [0.1, 0.15) is 11.2 Å². The zero-order valence-electron chi connectivity index (χ0n) is 14.3. The van der Waals surface area contributed by atoms with E-state index >= 15 is 0 Å². The lowest BCUT2D eigenvalue weighted by molar-refractivity contribution is -0.128. The number of amides is 1. The number of oxazole rings is 1. The van der Waals surface area contributed by atoms with Gasteiger partial charge in [-0.05, 0) is 31.2 Å². The van der Waals surface area contributed by atoms with Gasteiger partial charge in [0, 0.05) is 12.7 Å². The van der Waals surface area contributed by atoms with Crippen molar-refractivity contribution in [2.24, 2.45) is 0 Å². The second-order valence-corrected chi connectivity index (χ2v) is 6.75. The fourth-order valence-electron chi connectivity index (χ4n) is 2.80. The summed E-state index contributed by atoms with van der Waals surface area (Å²) < 4.78 is 7.67. The standard InChI is InChI=1S/C19H18N4O2S/c1-2-22(12-14-11-20-17-9-5-6-10-23(14)17)18(24)13-26-19-21-15-7-3-4-8-16(15)25-19/h3-11H,2,12-13H2,1H3. The molecule has 0 atom stereocenters. The lowest BCUT2D eigenvalue weighted by Crippen LogP contribution is -2.32. The highest BCUT2D eigenvalue weighted by Gasteiger charge is 2.16. The van der Waals surface area contributed by atoms with Crippen molar-refractivity contribution in [3.63, 3.8) is 0 Å². The minimum atomic E-state index is 0.0469. The van der Waals surface area contributed by atoms with Gasteiger partial charge >= 0.3 is 0 Å². The summed E-state index contributed by atoms with van der Waals surface area (Å²) in [5.41, 5.74) is 3.41. The maximum atomic E-state index is 12.6. The van der Waals surface area contributed by atoms with Crippen LogP contribution in [-0.4, -0.2) is 37.5 Å². The van der Waals surface area contributed by atoms with E-state index in [4.69, 9.17) is 4.42 Å². The van der Waals surface area contributed by atoms with Crippen molar-refractivity contribution in [2.75, 3.05) is 12.3 Å². The summed E-state index contributed by atoms with van der Waals surface area (Å²) in [6.45, 7) is 3.13. The molecule has 0 aliphatic carbocycles. The van der Waals surface area contributed by atoms with Gasteiger partial charge in [-0.25, -0.2) is 9.97 Å². The van der Waals surface area contributed by atoms with E-state index in [1.54, 1.807) is 0 Å². The molecule has 0 saturated carbocycles. The molecule has 0 unspecified atom stereocenters. The molecular formula is C19H18N4O2S. The number of nitrogens with zero attached hydrogens (tertiary/aromatic N) is 4. The van der Waals surface area contributed by atoms with Crippen LogP contribution in [0.5, 0.6) is 0 Å². The number of carbonyl (C=O) groups excluding carboxylic acids is 1. The van der Waals surface area contributed by atoms with Crippen LogP contribution in [0.1, 0.15) is 12.6 Å². The molecule has 132 valence electrons. The van der Waals surface area contributed by atoms with Crippen molar-refractivity contribution in [1.29, 1.82) is 0 Å². The van der Waals surface area contributed by atoms with Crippen molar-refractivity contribution < 1.29 is 9.21 Å². The molecule has 1 aromatic carbocycles. The molecule has 7 heteroatoms. The average molecular weight is 366 g/mol. The van der Waals surface area contributed by atoms with Gasteiger partial charge in [-0.2, -0.15) is 0 Å². The second-order valence-electron chi connectivity index (χ2n) is 5.82. The number of aromatic nitrogens is 3. The van der Waals surface area contributed by atoms with Gasteiger partial charge in [-0.15, -0.1) is 0 Å². The molecule has 0 radical (unpaired) electrons. The van der Waals surface area contributed by atoms with E-state index in [9.17, 15) is 4.79 Å². The molecule has 0 aliphatic heterocycles. The normalized spacial score (nSPS) is 11.3. The second kappa shape index (κ2) is 7.21. The Morgan fingerprint density at radius 1 is 1.23 bits per heavy atom. The Balaban J connectivity index is 1.43. The molecular weight excluding hydrogens is 348 g/mol. The van der Waals surface area contributed by atoms with Gasteiger partial charge in [-0.3, -0.25) is 4.79 Å². The summed E-state index contributed by atoms with van der Waals surface area (Å²) in [4.78, 5) is 23.2. The number of carbonyl (C=O) groups is 1. The van der Waals surface area contributed by atoms with E-state index in [-0.39, 0.29) is 11.7 Å². The Labute approximate surface area is 154 Å². The first-order valence-corrected chi connectivity index (χ1v) is 9.40. The van der Waals surface area contributed by atoms with Crippen LogP contribution in [0.3, 0.4) is 0 Å². The molecule has 4 aromatic rings. The number of benzene rings is 1. The van der Waals surface area contributed by atoms with Crippen molar-refractivity contribution in [3.05, 3.63) is 60.6 Å². The highest BCUT2D eigenvalue weighted by Crippen LogP contribution is 2.23. The minimum Gasteiger partial charge on any atom is -0.431 e. The number of fused-ring (bicyclic) bond motifs is 2. The number of hydrogen-bond acceptors (Lipinski definition) is 5. The zero-order chi connectivity index (χ0) is 17.9. The number of rotatable bonds is 6. The van der Waals surface area contributed by atoms with E-state index in [1.807, 2.05) is 71.1 Å². The molecule has 0 fully saturated rings. The molecule has 0 aliphatic rings. The SMILES string of the molecule is CCN(Cc1cnc2ccccn12)C(=O)CSc1nc2ccccc2o1. The van der Waals surface area contributed by atoms with Crippen molar-refractivity contribution in [1.82, 2.24) is 19.3 Å². The van der Waals surface area contributed by atoms with E-state index in [2.05, 4.69) is 9.97 Å². The maximum absolute atomic E-state index is 12.6. The van der Waals surface area contributed by atoms with Gasteiger partial charge in [0.2, 0.25) is 5.91 Å². The minimum absolute atomic E-state index is 0.0469. The first-order chi connectivity index (χ1) is 12.7. The van der Waals surface area contributed by atoms with Crippen molar-refractivity contribution in [2.45, 2.75) is 18.7 Å². The Morgan fingerprint density at radius 3 is 2.92 bits per heavy atom. The quantitative estimate of drug-likeness (QED) is 0.488. The molecule has 4 rings (SSSR count). The summed E-state index contributed by atoms with van der Waals surface area (Å²) >= 11 is 1.32. The van der Waals surface area contributed by atoms with Crippen LogP contribution in [0.4, 0.5) is 0 Å². The average Bonchev–Trinajstić information content (AvgIpc) is 3.27. The van der Waals surface area contributed by atoms with Crippen LogP contribution in [0.2, 0.25) is 0 Å². The summed E-state index contributed by atoms with van der Waals surface area (Å²) in [5, 5.41) is 0.519. The van der Waals surface area contributed by atoms with Crippen LogP contribution in [0.25, 0.3) is 16.7 Å². The third-order valence-corrected chi connectivity index (χ3v) is 4.99.